The maximum absolute atomic E-state index is 13.9. The zero-order valence-corrected chi connectivity index (χ0v) is 11.2. The van der Waals surface area contributed by atoms with Crippen molar-refractivity contribution in [1.29, 1.82) is 0 Å². The number of aliphatic hydroxyl groups is 1. The molecule has 0 atom stereocenters. The third-order valence-electron chi connectivity index (χ3n) is 3.24. The molecule has 6 heteroatoms. The first-order valence-corrected chi connectivity index (χ1v) is 6.41. The van der Waals surface area contributed by atoms with E-state index in [1.165, 1.54) is 30.3 Å². The Morgan fingerprint density at radius 2 is 1.82 bits per heavy atom. The number of rotatable bonds is 3. The number of hydrogen-bond donors (Lipinski definition) is 1. The van der Waals surface area contributed by atoms with Gasteiger partial charge in [0.1, 0.15) is 11.5 Å². The molecule has 0 saturated heterocycles. The van der Waals surface area contributed by atoms with Crippen molar-refractivity contribution in [1.82, 2.24) is 5.16 Å². The summed E-state index contributed by atoms with van der Waals surface area (Å²) in [5.41, 5.74) is 0.365. The summed E-state index contributed by atoms with van der Waals surface area (Å²) >= 11 is 0. The van der Waals surface area contributed by atoms with Crippen LogP contribution in [0.1, 0.15) is 5.56 Å². The minimum Gasteiger partial charge on any atom is -0.391 e. The standard InChI is InChI=1S/C16H10F3NO2/c17-10-4-1-3-9(7-10)16-12(8-21)15(20-22-16)11-5-2-6-13(18)14(11)19/h1-7,21H,8H2. The van der Waals surface area contributed by atoms with Gasteiger partial charge in [0, 0.05) is 11.1 Å². The molecule has 0 radical (unpaired) electrons. The van der Waals surface area contributed by atoms with Crippen LogP contribution >= 0.6 is 0 Å². The molecule has 0 unspecified atom stereocenters. The predicted molar refractivity (Wildman–Crippen MR) is 73.2 cm³/mol. The molecule has 22 heavy (non-hydrogen) atoms. The van der Waals surface area contributed by atoms with Gasteiger partial charge in [0.15, 0.2) is 17.4 Å². The van der Waals surface area contributed by atoms with Gasteiger partial charge in [-0.05, 0) is 24.3 Å². The van der Waals surface area contributed by atoms with Gasteiger partial charge in [0.25, 0.3) is 0 Å². The lowest BCUT2D eigenvalue weighted by atomic mass is 10.0. The molecule has 1 aromatic heterocycles. The highest BCUT2D eigenvalue weighted by Gasteiger charge is 2.22. The van der Waals surface area contributed by atoms with Gasteiger partial charge in [-0.25, -0.2) is 13.2 Å². The van der Waals surface area contributed by atoms with Gasteiger partial charge < -0.3 is 9.63 Å². The Morgan fingerprint density at radius 3 is 2.55 bits per heavy atom. The lowest BCUT2D eigenvalue weighted by Gasteiger charge is -2.03. The monoisotopic (exact) mass is 305 g/mol. The van der Waals surface area contributed by atoms with E-state index >= 15 is 0 Å². The van der Waals surface area contributed by atoms with E-state index < -0.39 is 24.1 Å². The second-order valence-electron chi connectivity index (χ2n) is 4.61. The SMILES string of the molecule is OCc1c(-c2cccc(F)c2F)noc1-c1cccc(F)c1. The molecule has 0 amide bonds. The molecule has 3 rings (SSSR count). The first kappa shape index (κ1) is 14.3. The maximum Gasteiger partial charge on any atom is 0.173 e. The van der Waals surface area contributed by atoms with Crippen LogP contribution in [0.4, 0.5) is 13.2 Å². The van der Waals surface area contributed by atoms with Crippen molar-refractivity contribution in [3.63, 3.8) is 0 Å². The van der Waals surface area contributed by atoms with E-state index in [4.69, 9.17) is 4.52 Å². The van der Waals surface area contributed by atoms with Crippen LogP contribution in [0.5, 0.6) is 0 Å². The first-order chi connectivity index (χ1) is 10.6. The molecule has 0 aliphatic carbocycles. The van der Waals surface area contributed by atoms with Crippen LogP contribution < -0.4 is 0 Å². The average Bonchev–Trinajstić information content (AvgIpc) is 2.93. The van der Waals surface area contributed by atoms with Crippen molar-refractivity contribution < 1.29 is 22.8 Å². The third kappa shape index (κ3) is 2.37. The lowest BCUT2D eigenvalue weighted by Crippen LogP contribution is -1.94. The Kier molecular flexibility index (Phi) is 3.68. The molecule has 0 saturated carbocycles. The first-order valence-electron chi connectivity index (χ1n) is 6.41. The quantitative estimate of drug-likeness (QED) is 0.798. The van der Waals surface area contributed by atoms with E-state index in [1.54, 1.807) is 6.07 Å². The number of aromatic nitrogens is 1. The summed E-state index contributed by atoms with van der Waals surface area (Å²) < 4.78 is 45.6. The maximum atomic E-state index is 13.9. The molecule has 0 spiro atoms. The lowest BCUT2D eigenvalue weighted by molar-refractivity contribution is 0.281. The molecule has 0 aliphatic rings. The number of aliphatic hydroxyl groups excluding tert-OH is 1. The molecule has 3 aromatic rings. The average molecular weight is 305 g/mol. The summed E-state index contributed by atoms with van der Waals surface area (Å²) in [6.45, 7) is -0.513. The predicted octanol–water partition coefficient (Wildman–Crippen LogP) is 3.92. The molecular formula is C16H10F3NO2. The molecule has 2 aromatic carbocycles. The van der Waals surface area contributed by atoms with E-state index in [-0.39, 0.29) is 22.6 Å². The smallest absolute Gasteiger partial charge is 0.173 e. The van der Waals surface area contributed by atoms with Crippen LogP contribution in [-0.4, -0.2) is 10.3 Å². The number of benzene rings is 2. The van der Waals surface area contributed by atoms with Crippen molar-refractivity contribution in [3.05, 3.63) is 65.5 Å². The summed E-state index contributed by atoms with van der Waals surface area (Å²) in [7, 11) is 0. The van der Waals surface area contributed by atoms with Gasteiger partial charge in [0.2, 0.25) is 0 Å². The zero-order valence-electron chi connectivity index (χ0n) is 11.2. The summed E-state index contributed by atoms with van der Waals surface area (Å²) in [5, 5.41) is 13.2. The molecule has 1 N–H and O–H groups in total. The summed E-state index contributed by atoms with van der Waals surface area (Å²) in [6.07, 6.45) is 0. The van der Waals surface area contributed by atoms with Crippen LogP contribution in [0.15, 0.2) is 47.0 Å². The Labute approximate surface area is 123 Å². The van der Waals surface area contributed by atoms with E-state index in [0.717, 1.165) is 6.07 Å². The van der Waals surface area contributed by atoms with Crippen molar-refractivity contribution >= 4 is 0 Å². The Bertz CT molecular complexity index is 830. The van der Waals surface area contributed by atoms with Gasteiger partial charge in [-0.3, -0.25) is 0 Å². The normalized spacial score (nSPS) is 10.9. The summed E-state index contributed by atoms with van der Waals surface area (Å²) in [6, 6.07) is 9.11. The van der Waals surface area contributed by atoms with Crippen LogP contribution in [0.3, 0.4) is 0 Å². The third-order valence-corrected chi connectivity index (χ3v) is 3.24. The van der Waals surface area contributed by atoms with Gasteiger partial charge >= 0.3 is 0 Å². The van der Waals surface area contributed by atoms with E-state index in [9.17, 15) is 18.3 Å². The van der Waals surface area contributed by atoms with Crippen molar-refractivity contribution in [2.75, 3.05) is 0 Å². The minimum atomic E-state index is -1.09. The topological polar surface area (TPSA) is 46.3 Å². The molecule has 0 bridgehead atoms. The van der Waals surface area contributed by atoms with Crippen LogP contribution in [0.25, 0.3) is 22.6 Å². The van der Waals surface area contributed by atoms with E-state index in [0.29, 0.717) is 5.56 Å². The van der Waals surface area contributed by atoms with E-state index in [2.05, 4.69) is 5.16 Å². The summed E-state index contributed by atoms with van der Waals surface area (Å²) in [4.78, 5) is 0. The fourth-order valence-electron chi connectivity index (χ4n) is 2.21. The summed E-state index contributed by atoms with van der Waals surface area (Å²) in [5.74, 6) is -2.50. The Balaban J connectivity index is 2.18. The zero-order chi connectivity index (χ0) is 15.7. The molecule has 3 nitrogen and oxygen atoms in total. The molecular weight excluding hydrogens is 295 g/mol. The van der Waals surface area contributed by atoms with Gasteiger partial charge in [-0.15, -0.1) is 0 Å². The minimum absolute atomic E-state index is 0.0150. The van der Waals surface area contributed by atoms with Crippen molar-refractivity contribution in [2.45, 2.75) is 6.61 Å². The van der Waals surface area contributed by atoms with Crippen LogP contribution in [-0.2, 0) is 6.61 Å². The highest BCUT2D eigenvalue weighted by molar-refractivity contribution is 5.72. The molecule has 0 fully saturated rings. The number of nitrogens with zero attached hydrogens (tertiary/aromatic N) is 1. The van der Waals surface area contributed by atoms with Gasteiger partial charge in [0.05, 0.1) is 12.2 Å². The highest BCUT2D eigenvalue weighted by Crippen LogP contribution is 2.34. The van der Waals surface area contributed by atoms with Gasteiger partial charge in [-0.1, -0.05) is 23.4 Å². The van der Waals surface area contributed by atoms with E-state index in [1.807, 2.05) is 0 Å². The molecule has 112 valence electrons. The Hall–Kier alpha value is -2.60. The molecule has 1 heterocycles. The Morgan fingerprint density at radius 1 is 1.05 bits per heavy atom. The van der Waals surface area contributed by atoms with Crippen LogP contribution in [0.2, 0.25) is 0 Å². The van der Waals surface area contributed by atoms with Gasteiger partial charge in [-0.2, -0.15) is 0 Å². The largest absolute Gasteiger partial charge is 0.391 e. The highest BCUT2D eigenvalue weighted by atomic mass is 19.2. The van der Waals surface area contributed by atoms with Crippen molar-refractivity contribution in [3.8, 4) is 22.6 Å². The molecule has 0 aliphatic heterocycles. The van der Waals surface area contributed by atoms with Crippen molar-refractivity contribution in [2.24, 2.45) is 0 Å². The number of halogens is 3. The number of hydrogen-bond acceptors (Lipinski definition) is 3. The fraction of sp³-hybridized carbons (Fsp3) is 0.0625. The van der Waals surface area contributed by atoms with Crippen LogP contribution in [0, 0.1) is 17.5 Å². The second kappa shape index (κ2) is 5.65. The fourth-order valence-corrected chi connectivity index (χ4v) is 2.21. The second-order valence-corrected chi connectivity index (χ2v) is 4.61.